The van der Waals surface area contributed by atoms with Gasteiger partial charge in [-0.15, -0.1) is 24.0 Å². The number of rotatable bonds is 9. The second kappa shape index (κ2) is 12.5. The Morgan fingerprint density at radius 3 is 2.71 bits per heavy atom. The molecular formula is C22H37IN4O. The maximum Gasteiger partial charge on any atom is 0.191 e. The minimum atomic E-state index is 0. The maximum atomic E-state index is 6.02. The average Bonchev–Trinajstić information content (AvgIpc) is 3.54. The van der Waals surface area contributed by atoms with Gasteiger partial charge in [0.25, 0.3) is 0 Å². The molecule has 0 bridgehead atoms. The van der Waals surface area contributed by atoms with E-state index in [0.29, 0.717) is 12.5 Å². The highest BCUT2D eigenvalue weighted by atomic mass is 127. The highest BCUT2D eigenvalue weighted by molar-refractivity contribution is 14.0. The fraction of sp³-hybridized carbons (Fsp3) is 0.682. The standard InChI is InChI=1S/C22H36N4O.HI/c1-3-23-22(24-14-19-8-7-13-26(4-2)16-19)25-15-20-9-5-6-10-21(20)27-17-18-11-12-18;/h5-6,9-10,18-19H,3-4,7-8,11-17H2,1-2H3,(H2,23,24,25);1H. The molecule has 0 spiro atoms. The Labute approximate surface area is 187 Å². The first kappa shape index (κ1) is 23.3. The molecule has 1 heterocycles. The Balaban J connectivity index is 0.00000280. The van der Waals surface area contributed by atoms with Crippen molar-refractivity contribution in [2.24, 2.45) is 16.8 Å². The van der Waals surface area contributed by atoms with E-state index in [0.717, 1.165) is 49.4 Å². The van der Waals surface area contributed by atoms with E-state index in [9.17, 15) is 0 Å². The Hall–Kier alpha value is -1.02. The van der Waals surface area contributed by atoms with Crippen LogP contribution in [0, 0.1) is 11.8 Å². The molecule has 1 saturated heterocycles. The summed E-state index contributed by atoms with van der Waals surface area (Å²) in [6.07, 6.45) is 5.23. The molecule has 158 valence electrons. The maximum absolute atomic E-state index is 6.02. The third-order valence-corrected chi connectivity index (χ3v) is 5.50. The molecule has 2 N–H and O–H groups in total. The number of ether oxygens (including phenoxy) is 1. The summed E-state index contributed by atoms with van der Waals surface area (Å²) in [7, 11) is 0. The average molecular weight is 500 g/mol. The number of nitrogens with zero attached hydrogens (tertiary/aromatic N) is 2. The van der Waals surface area contributed by atoms with Crippen molar-refractivity contribution in [1.29, 1.82) is 0 Å². The number of guanidine groups is 1. The van der Waals surface area contributed by atoms with E-state index in [2.05, 4.69) is 47.6 Å². The lowest BCUT2D eigenvalue weighted by molar-refractivity contribution is 0.183. The van der Waals surface area contributed by atoms with Crippen LogP contribution >= 0.6 is 24.0 Å². The molecule has 2 aliphatic rings. The van der Waals surface area contributed by atoms with Gasteiger partial charge in [-0.25, -0.2) is 4.99 Å². The largest absolute Gasteiger partial charge is 0.493 e. The van der Waals surface area contributed by atoms with Crippen LogP contribution < -0.4 is 15.4 Å². The first-order valence-electron chi connectivity index (χ1n) is 10.7. The molecule has 1 aliphatic carbocycles. The van der Waals surface area contributed by atoms with Gasteiger partial charge in [-0.05, 0) is 63.6 Å². The molecule has 0 amide bonds. The smallest absolute Gasteiger partial charge is 0.191 e. The van der Waals surface area contributed by atoms with E-state index in [1.165, 1.54) is 38.8 Å². The first-order chi connectivity index (χ1) is 13.3. The molecule has 3 rings (SSSR count). The minimum Gasteiger partial charge on any atom is -0.493 e. The van der Waals surface area contributed by atoms with Crippen LogP contribution in [0.15, 0.2) is 29.3 Å². The molecule has 1 aliphatic heterocycles. The van der Waals surface area contributed by atoms with Crippen molar-refractivity contribution in [2.45, 2.75) is 46.1 Å². The zero-order chi connectivity index (χ0) is 18.9. The Morgan fingerprint density at radius 1 is 1.14 bits per heavy atom. The molecule has 6 heteroatoms. The molecule has 1 aromatic rings. The molecule has 28 heavy (non-hydrogen) atoms. The first-order valence-corrected chi connectivity index (χ1v) is 10.7. The zero-order valence-electron chi connectivity index (χ0n) is 17.5. The molecule has 2 fully saturated rings. The van der Waals surface area contributed by atoms with Gasteiger partial charge in [0.1, 0.15) is 5.75 Å². The van der Waals surface area contributed by atoms with E-state index in [4.69, 9.17) is 9.73 Å². The van der Waals surface area contributed by atoms with E-state index < -0.39 is 0 Å². The lowest BCUT2D eigenvalue weighted by Gasteiger charge is -2.32. The van der Waals surface area contributed by atoms with E-state index in [-0.39, 0.29) is 24.0 Å². The van der Waals surface area contributed by atoms with E-state index in [1.54, 1.807) is 0 Å². The normalized spacial score (nSPS) is 20.4. The summed E-state index contributed by atoms with van der Waals surface area (Å²) in [4.78, 5) is 7.36. The van der Waals surface area contributed by atoms with Gasteiger partial charge in [-0.1, -0.05) is 25.1 Å². The Bertz CT molecular complexity index is 606. The monoisotopic (exact) mass is 500 g/mol. The van der Waals surface area contributed by atoms with Crippen molar-refractivity contribution in [3.8, 4) is 5.75 Å². The number of likely N-dealkylation sites (tertiary alicyclic amines) is 1. The van der Waals surface area contributed by atoms with Gasteiger partial charge in [-0.3, -0.25) is 0 Å². The lowest BCUT2D eigenvalue weighted by atomic mass is 9.98. The van der Waals surface area contributed by atoms with Crippen LogP contribution in [-0.4, -0.2) is 50.2 Å². The van der Waals surface area contributed by atoms with Crippen LogP contribution in [0.4, 0.5) is 0 Å². The Kier molecular flexibility index (Phi) is 10.4. The zero-order valence-corrected chi connectivity index (χ0v) is 19.8. The summed E-state index contributed by atoms with van der Waals surface area (Å²) in [5.41, 5.74) is 1.16. The minimum absolute atomic E-state index is 0. The fourth-order valence-electron chi connectivity index (χ4n) is 3.62. The number of benzene rings is 1. The van der Waals surface area contributed by atoms with Gasteiger partial charge in [0.05, 0.1) is 13.2 Å². The van der Waals surface area contributed by atoms with Gasteiger partial charge in [0, 0.05) is 25.2 Å². The highest BCUT2D eigenvalue weighted by Crippen LogP contribution is 2.30. The number of halogens is 1. The van der Waals surface area contributed by atoms with Crippen molar-refractivity contribution >= 4 is 29.9 Å². The van der Waals surface area contributed by atoms with Gasteiger partial charge < -0.3 is 20.3 Å². The number of para-hydroxylation sites is 1. The van der Waals surface area contributed by atoms with Gasteiger partial charge in [0.2, 0.25) is 0 Å². The third kappa shape index (κ3) is 7.78. The van der Waals surface area contributed by atoms with E-state index in [1.807, 2.05) is 6.07 Å². The molecule has 0 radical (unpaired) electrons. The van der Waals surface area contributed by atoms with Crippen LogP contribution in [0.1, 0.15) is 45.1 Å². The molecule has 1 atom stereocenters. The van der Waals surface area contributed by atoms with Crippen molar-refractivity contribution in [3.63, 3.8) is 0 Å². The van der Waals surface area contributed by atoms with Gasteiger partial charge in [0.15, 0.2) is 5.96 Å². The number of hydrogen-bond acceptors (Lipinski definition) is 3. The molecule has 0 aromatic heterocycles. The van der Waals surface area contributed by atoms with Crippen LogP contribution in [0.3, 0.4) is 0 Å². The summed E-state index contributed by atoms with van der Waals surface area (Å²) in [6.45, 7) is 11.3. The predicted octanol–water partition coefficient (Wildman–Crippen LogP) is 3.88. The van der Waals surface area contributed by atoms with Crippen LogP contribution in [0.25, 0.3) is 0 Å². The highest BCUT2D eigenvalue weighted by Gasteiger charge is 2.22. The van der Waals surface area contributed by atoms with Crippen molar-refractivity contribution in [2.75, 3.05) is 39.3 Å². The van der Waals surface area contributed by atoms with Crippen LogP contribution in [0.2, 0.25) is 0 Å². The van der Waals surface area contributed by atoms with E-state index >= 15 is 0 Å². The number of hydrogen-bond donors (Lipinski definition) is 2. The second-order valence-corrected chi connectivity index (χ2v) is 7.84. The molecule has 1 aromatic carbocycles. The van der Waals surface area contributed by atoms with Crippen molar-refractivity contribution in [1.82, 2.24) is 15.5 Å². The summed E-state index contributed by atoms with van der Waals surface area (Å²) < 4.78 is 6.02. The summed E-state index contributed by atoms with van der Waals surface area (Å²) in [5.74, 6) is 3.36. The molecule has 1 unspecified atom stereocenters. The van der Waals surface area contributed by atoms with Crippen LogP contribution in [0.5, 0.6) is 5.75 Å². The number of nitrogens with one attached hydrogen (secondary N) is 2. The predicted molar refractivity (Wildman–Crippen MR) is 128 cm³/mol. The number of aliphatic imine (C=N–C) groups is 1. The quantitative estimate of drug-likeness (QED) is 0.307. The fourth-order valence-corrected chi connectivity index (χ4v) is 3.62. The molecule has 5 nitrogen and oxygen atoms in total. The number of piperidine rings is 1. The molecular weight excluding hydrogens is 463 g/mol. The third-order valence-electron chi connectivity index (χ3n) is 5.50. The van der Waals surface area contributed by atoms with Crippen LogP contribution in [-0.2, 0) is 6.54 Å². The summed E-state index contributed by atoms with van der Waals surface area (Å²) >= 11 is 0. The van der Waals surface area contributed by atoms with Gasteiger partial charge >= 0.3 is 0 Å². The van der Waals surface area contributed by atoms with Crippen molar-refractivity contribution in [3.05, 3.63) is 29.8 Å². The SMILES string of the molecule is CCNC(=NCc1ccccc1OCC1CC1)NCC1CCCN(CC)C1.I. The topological polar surface area (TPSA) is 48.9 Å². The summed E-state index contributed by atoms with van der Waals surface area (Å²) in [5, 5.41) is 6.94. The van der Waals surface area contributed by atoms with Crippen molar-refractivity contribution < 1.29 is 4.74 Å². The molecule has 1 saturated carbocycles. The lowest BCUT2D eigenvalue weighted by Crippen LogP contribution is -2.44. The summed E-state index contributed by atoms with van der Waals surface area (Å²) in [6, 6.07) is 8.29. The van der Waals surface area contributed by atoms with Gasteiger partial charge in [-0.2, -0.15) is 0 Å². The second-order valence-electron chi connectivity index (χ2n) is 7.84. The Morgan fingerprint density at radius 2 is 1.96 bits per heavy atom.